The van der Waals surface area contributed by atoms with Crippen molar-refractivity contribution in [1.82, 2.24) is 0 Å². The number of anilines is 2. The van der Waals surface area contributed by atoms with Gasteiger partial charge < -0.3 is 15.8 Å². The fourth-order valence-corrected chi connectivity index (χ4v) is 2.74. The van der Waals surface area contributed by atoms with E-state index in [1.165, 1.54) is 12.1 Å². The van der Waals surface area contributed by atoms with E-state index in [9.17, 15) is 8.42 Å². The molecule has 0 bridgehead atoms. The largest absolute Gasteiger partial charge is 0.397 e. The summed E-state index contributed by atoms with van der Waals surface area (Å²) >= 11 is 0. The number of nitrogens with two attached hydrogens (primary N) is 2. The van der Waals surface area contributed by atoms with Gasteiger partial charge >= 0.3 is 0 Å². The molecule has 1 aromatic rings. The van der Waals surface area contributed by atoms with Crippen molar-refractivity contribution in [3.63, 3.8) is 0 Å². The Hall–Kier alpha value is -1.31. The zero-order valence-electron chi connectivity index (χ0n) is 10.8. The quantitative estimate of drug-likeness (QED) is 0.715. The highest BCUT2D eigenvalue weighted by molar-refractivity contribution is 7.89. The smallest absolute Gasteiger partial charge is 0.238 e. The average molecular weight is 285 g/mol. The topological polar surface area (TPSA) is 107 Å². The van der Waals surface area contributed by atoms with E-state index in [-0.39, 0.29) is 10.4 Å². The SMILES string of the molecule is CC1(Nc2ccc(S(N)(=O)=O)cc2N)CCCOC1. The molecular weight excluding hydrogens is 266 g/mol. The van der Waals surface area contributed by atoms with E-state index in [1.54, 1.807) is 6.07 Å². The van der Waals surface area contributed by atoms with Crippen LogP contribution >= 0.6 is 0 Å². The molecule has 0 aliphatic carbocycles. The van der Waals surface area contributed by atoms with Crippen LogP contribution < -0.4 is 16.2 Å². The van der Waals surface area contributed by atoms with Crippen LogP contribution in [-0.2, 0) is 14.8 Å². The number of rotatable bonds is 3. The van der Waals surface area contributed by atoms with Crippen LogP contribution in [-0.4, -0.2) is 27.2 Å². The molecule has 1 atom stereocenters. The van der Waals surface area contributed by atoms with Crippen molar-refractivity contribution in [2.45, 2.75) is 30.2 Å². The molecule has 7 heteroatoms. The molecule has 0 aromatic heterocycles. The normalized spacial score (nSPS) is 24.1. The van der Waals surface area contributed by atoms with Crippen molar-refractivity contribution < 1.29 is 13.2 Å². The molecule has 1 heterocycles. The van der Waals surface area contributed by atoms with Gasteiger partial charge in [-0.25, -0.2) is 13.6 Å². The Morgan fingerprint density at radius 2 is 2.16 bits per heavy atom. The van der Waals surface area contributed by atoms with Gasteiger partial charge in [0.2, 0.25) is 10.0 Å². The summed E-state index contributed by atoms with van der Waals surface area (Å²) in [5.74, 6) is 0. The number of hydrogen-bond donors (Lipinski definition) is 3. The summed E-state index contributed by atoms with van der Waals surface area (Å²) in [5, 5.41) is 8.38. The Morgan fingerprint density at radius 3 is 2.68 bits per heavy atom. The van der Waals surface area contributed by atoms with Gasteiger partial charge in [-0.2, -0.15) is 0 Å². The highest BCUT2D eigenvalue weighted by atomic mass is 32.2. The van der Waals surface area contributed by atoms with Gasteiger partial charge in [0, 0.05) is 6.61 Å². The standard InChI is InChI=1S/C12H19N3O3S/c1-12(5-2-6-18-8-12)15-11-4-3-9(7-10(11)13)19(14,16)17/h3-4,7,15H,2,5-6,8,13H2,1H3,(H2,14,16,17). The molecule has 0 amide bonds. The fraction of sp³-hybridized carbons (Fsp3) is 0.500. The summed E-state index contributed by atoms with van der Waals surface area (Å²) in [6.07, 6.45) is 1.96. The lowest BCUT2D eigenvalue weighted by molar-refractivity contribution is 0.0540. The molecule has 6 nitrogen and oxygen atoms in total. The van der Waals surface area contributed by atoms with Gasteiger partial charge in [-0.3, -0.25) is 0 Å². The third-order valence-electron chi connectivity index (χ3n) is 3.23. The Morgan fingerprint density at radius 1 is 1.42 bits per heavy atom. The van der Waals surface area contributed by atoms with Gasteiger partial charge in [0.1, 0.15) is 0 Å². The van der Waals surface area contributed by atoms with E-state index in [1.807, 2.05) is 0 Å². The minimum absolute atomic E-state index is 0.0144. The molecule has 1 unspecified atom stereocenters. The van der Waals surface area contributed by atoms with Crippen molar-refractivity contribution >= 4 is 21.4 Å². The van der Waals surface area contributed by atoms with Crippen LogP contribution in [0.2, 0.25) is 0 Å². The van der Waals surface area contributed by atoms with E-state index >= 15 is 0 Å². The highest BCUT2D eigenvalue weighted by Gasteiger charge is 2.28. The van der Waals surface area contributed by atoms with Gasteiger partial charge in [-0.15, -0.1) is 0 Å². The lowest BCUT2D eigenvalue weighted by Gasteiger charge is -2.35. The van der Waals surface area contributed by atoms with Crippen molar-refractivity contribution in [3.8, 4) is 0 Å². The Labute approximate surface area is 113 Å². The maximum atomic E-state index is 11.2. The second-order valence-corrected chi connectivity index (χ2v) is 6.70. The number of sulfonamides is 1. The van der Waals surface area contributed by atoms with Gasteiger partial charge in [-0.1, -0.05) is 0 Å². The monoisotopic (exact) mass is 285 g/mol. The number of primary sulfonamides is 1. The second kappa shape index (κ2) is 4.99. The lowest BCUT2D eigenvalue weighted by Crippen LogP contribution is -2.43. The molecule has 106 valence electrons. The Balaban J connectivity index is 2.22. The first-order chi connectivity index (χ1) is 8.80. The zero-order valence-corrected chi connectivity index (χ0v) is 11.7. The average Bonchev–Trinajstić information content (AvgIpc) is 2.31. The van der Waals surface area contributed by atoms with E-state index in [2.05, 4.69) is 12.2 Å². The summed E-state index contributed by atoms with van der Waals surface area (Å²) in [4.78, 5) is 0.0144. The van der Waals surface area contributed by atoms with Crippen LogP contribution in [0, 0.1) is 0 Å². The minimum atomic E-state index is -3.72. The van der Waals surface area contributed by atoms with Crippen LogP contribution in [0.1, 0.15) is 19.8 Å². The third-order valence-corrected chi connectivity index (χ3v) is 4.14. The first kappa shape index (κ1) is 14.1. The Kier molecular flexibility index (Phi) is 3.71. The van der Waals surface area contributed by atoms with Gasteiger partial charge in [0.05, 0.1) is 28.4 Å². The lowest BCUT2D eigenvalue weighted by atomic mass is 9.94. The van der Waals surface area contributed by atoms with Crippen molar-refractivity contribution in [2.75, 3.05) is 24.3 Å². The minimum Gasteiger partial charge on any atom is -0.397 e. The van der Waals surface area contributed by atoms with Crippen LogP contribution in [0.5, 0.6) is 0 Å². The predicted octanol–water partition coefficient (Wildman–Crippen LogP) is 0.897. The molecule has 1 aromatic carbocycles. The summed E-state index contributed by atoms with van der Waals surface area (Å²) in [6.45, 7) is 3.43. The highest BCUT2D eigenvalue weighted by Crippen LogP contribution is 2.28. The molecule has 2 rings (SSSR count). The van der Waals surface area contributed by atoms with Crippen LogP contribution in [0.3, 0.4) is 0 Å². The van der Waals surface area contributed by atoms with E-state index < -0.39 is 10.0 Å². The molecule has 0 saturated carbocycles. The summed E-state index contributed by atoms with van der Waals surface area (Å²) in [6, 6.07) is 4.45. The van der Waals surface area contributed by atoms with E-state index in [0.29, 0.717) is 18.0 Å². The van der Waals surface area contributed by atoms with Crippen LogP contribution in [0.15, 0.2) is 23.1 Å². The van der Waals surface area contributed by atoms with E-state index in [0.717, 1.165) is 19.4 Å². The molecule has 1 aliphatic heterocycles. The fourth-order valence-electron chi connectivity index (χ4n) is 2.19. The maximum absolute atomic E-state index is 11.2. The molecular formula is C12H19N3O3S. The number of hydrogen-bond acceptors (Lipinski definition) is 5. The molecule has 0 spiro atoms. The summed E-state index contributed by atoms with van der Waals surface area (Å²) in [7, 11) is -3.72. The van der Waals surface area contributed by atoms with Crippen molar-refractivity contribution in [3.05, 3.63) is 18.2 Å². The molecule has 0 radical (unpaired) electrons. The number of benzene rings is 1. The van der Waals surface area contributed by atoms with Crippen molar-refractivity contribution in [2.24, 2.45) is 5.14 Å². The molecule has 1 fully saturated rings. The van der Waals surface area contributed by atoms with E-state index in [4.69, 9.17) is 15.6 Å². The van der Waals surface area contributed by atoms with Gasteiger partial charge in [-0.05, 0) is 38.0 Å². The third kappa shape index (κ3) is 3.37. The van der Waals surface area contributed by atoms with Gasteiger partial charge in [0.15, 0.2) is 0 Å². The summed E-state index contributed by atoms with van der Waals surface area (Å²) in [5.41, 5.74) is 6.74. The maximum Gasteiger partial charge on any atom is 0.238 e. The second-order valence-electron chi connectivity index (χ2n) is 5.14. The van der Waals surface area contributed by atoms with Crippen LogP contribution in [0.4, 0.5) is 11.4 Å². The number of nitrogens with one attached hydrogen (secondary N) is 1. The first-order valence-electron chi connectivity index (χ1n) is 6.08. The zero-order chi connectivity index (χ0) is 14.1. The van der Waals surface area contributed by atoms with Crippen molar-refractivity contribution in [1.29, 1.82) is 0 Å². The predicted molar refractivity (Wildman–Crippen MR) is 74.3 cm³/mol. The Bertz CT molecular complexity index is 566. The van der Waals surface area contributed by atoms with Crippen LogP contribution in [0.25, 0.3) is 0 Å². The first-order valence-corrected chi connectivity index (χ1v) is 7.63. The molecule has 5 N–H and O–H groups in total. The molecule has 1 aliphatic rings. The molecule has 19 heavy (non-hydrogen) atoms. The van der Waals surface area contributed by atoms with Gasteiger partial charge in [0.25, 0.3) is 0 Å². The molecule has 1 saturated heterocycles. The number of nitrogen functional groups attached to an aromatic ring is 1. The number of ether oxygens (including phenoxy) is 1. The summed E-state index contributed by atoms with van der Waals surface area (Å²) < 4.78 is 27.9.